The molecule has 1 atom stereocenters. The Kier molecular flexibility index (Phi) is 5.58. The second-order valence-electron chi connectivity index (χ2n) is 6.04. The summed E-state index contributed by atoms with van der Waals surface area (Å²) in [6.45, 7) is 7.38. The van der Waals surface area contributed by atoms with Crippen LogP contribution >= 0.6 is 0 Å². The molecule has 0 bridgehead atoms. The number of imide groups is 1. The number of carbonyl (C=O) groups is 3. The van der Waals surface area contributed by atoms with E-state index in [0.29, 0.717) is 19.5 Å². The van der Waals surface area contributed by atoms with Gasteiger partial charge in [-0.15, -0.1) is 0 Å². The number of amides is 4. The summed E-state index contributed by atoms with van der Waals surface area (Å²) in [6.07, 6.45) is 2.59. The van der Waals surface area contributed by atoms with Crippen LogP contribution in [0.25, 0.3) is 0 Å². The topological polar surface area (TPSA) is 87.5 Å². The molecule has 2 heterocycles. The summed E-state index contributed by atoms with van der Waals surface area (Å²) in [7, 11) is 1.69. The number of hydrogen-bond acceptors (Lipinski definition) is 4. The average molecular weight is 335 g/mol. The molecule has 1 aliphatic heterocycles. The maximum Gasteiger partial charge on any atom is 0.324 e. The molecule has 1 fully saturated rings. The third kappa shape index (κ3) is 3.74. The number of nitrogens with zero attached hydrogens (tertiary/aromatic N) is 4. The summed E-state index contributed by atoms with van der Waals surface area (Å²) in [5.41, 5.74) is 1.86. The first-order valence-corrected chi connectivity index (χ1v) is 8.26. The van der Waals surface area contributed by atoms with Crippen molar-refractivity contribution in [1.29, 1.82) is 0 Å². The van der Waals surface area contributed by atoms with E-state index < -0.39 is 12.1 Å². The molecule has 2 rings (SSSR count). The molecule has 8 heteroatoms. The summed E-state index contributed by atoms with van der Waals surface area (Å²) < 4.78 is 1.83. The summed E-state index contributed by atoms with van der Waals surface area (Å²) in [4.78, 5) is 39.1. The van der Waals surface area contributed by atoms with Crippen LogP contribution in [-0.2, 0) is 22.7 Å². The zero-order chi connectivity index (χ0) is 17.9. The van der Waals surface area contributed by atoms with E-state index in [1.807, 2.05) is 31.6 Å². The Morgan fingerprint density at radius 3 is 2.67 bits per heavy atom. The Balaban J connectivity index is 1.95. The molecular weight excluding hydrogens is 310 g/mol. The Morgan fingerprint density at radius 2 is 2.08 bits per heavy atom. The zero-order valence-corrected chi connectivity index (χ0v) is 14.7. The lowest BCUT2D eigenvalue weighted by atomic mass is 10.1. The first-order valence-electron chi connectivity index (χ1n) is 8.26. The number of nitrogens with one attached hydrogen (secondary N) is 1. The SMILES string of the molecule is CCCN1C(=O)N[C@H](CC(=O)N(C)Cc2cn(CC)nc2C)C1=O. The first kappa shape index (κ1) is 18.0. The van der Waals surface area contributed by atoms with Crippen molar-refractivity contribution in [2.24, 2.45) is 0 Å². The van der Waals surface area contributed by atoms with Crippen LogP contribution in [0.1, 0.15) is 37.9 Å². The number of hydrogen-bond donors (Lipinski definition) is 1. The molecule has 0 spiro atoms. The van der Waals surface area contributed by atoms with E-state index in [9.17, 15) is 14.4 Å². The van der Waals surface area contributed by atoms with Crippen LogP contribution in [0.5, 0.6) is 0 Å². The molecule has 24 heavy (non-hydrogen) atoms. The van der Waals surface area contributed by atoms with Gasteiger partial charge in [-0.1, -0.05) is 6.92 Å². The van der Waals surface area contributed by atoms with Gasteiger partial charge >= 0.3 is 6.03 Å². The van der Waals surface area contributed by atoms with Crippen molar-refractivity contribution in [2.75, 3.05) is 13.6 Å². The number of carbonyl (C=O) groups excluding carboxylic acids is 3. The van der Waals surface area contributed by atoms with E-state index in [2.05, 4.69) is 10.4 Å². The van der Waals surface area contributed by atoms with Gasteiger partial charge in [0, 0.05) is 38.4 Å². The monoisotopic (exact) mass is 335 g/mol. The van der Waals surface area contributed by atoms with Crippen LogP contribution in [0.3, 0.4) is 0 Å². The maximum absolute atomic E-state index is 12.4. The van der Waals surface area contributed by atoms with E-state index in [-0.39, 0.29) is 18.2 Å². The van der Waals surface area contributed by atoms with Crippen LogP contribution in [-0.4, -0.2) is 57.1 Å². The lowest BCUT2D eigenvalue weighted by Crippen LogP contribution is -2.37. The Bertz CT molecular complexity index is 640. The third-order valence-corrected chi connectivity index (χ3v) is 4.14. The second kappa shape index (κ2) is 7.46. The van der Waals surface area contributed by atoms with Gasteiger partial charge in [0.15, 0.2) is 0 Å². The Morgan fingerprint density at radius 1 is 1.38 bits per heavy atom. The van der Waals surface area contributed by atoms with Gasteiger partial charge in [0.1, 0.15) is 6.04 Å². The summed E-state index contributed by atoms with van der Waals surface area (Å²) in [5.74, 6) is -0.505. The molecule has 0 saturated carbocycles. The number of aryl methyl sites for hydroxylation is 2. The van der Waals surface area contributed by atoms with Gasteiger partial charge in [-0.25, -0.2) is 4.79 Å². The fourth-order valence-corrected chi connectivity index (χ4v) is 2.70. The van der Waals surface area contributed by atoms with Crippen molar-refractivity contribution in [3.8, 4) is 0 Å². The molecule has 0 unspecified atom stereocenters. The molecule has 132 valence electrons. The minimum absolute atomic E-state index is 0.0255. The van der Waals surface area contributed by atoms with Gasteiger partial charge in [0.05, 0.1) is 12.1 Å². The lowest BCUT2D eigenvalue weighted by molar-refractivity contribution is -0.135. The number of aromatic nitrogens is 2. The Labute approximate surface area is 141 Å². The van der Waals surface area contributed by atoms with Gasteiger partial charge in [-0.3, -0.25) is 19.2 Å². The quantitative estimate of drug-likeness (QED) is 0.750. The Hall–Kier alpha value is -2.38. The number of urea groups is 1. The van der Waals surface area contributed by atoms with E-state index >= 15 is 0 Å². The van der Waals surface area contributed by atoms with Gasteiger partial charge in [0.2, 0.25) is 5.91 Å². The molecular formula is C16H25N5O3. The van der Waals surface area contributed by atoms with Gasteiger partial charge in [-0.2, -0.15) is 5.10 Å². The van der Waals surface area contributed by atoms with Crippen molar-refractivity contribution < 1.29 is 14.4 Å². The molecule has 1 aromatic rings. The zero-order valence-electron chi connectivity index (χ0n) is 14.7. The van der Waals surface area contributed by atoms with E-state index in [1.54, 1.807) is 11.9 Å². The fourth-order valence-electron chi connectivity index (χ4n) is 2.70. The van der Waals surface area contributed by atoms with Crippen LogP contribution in [0.2, 0.25) is 0 Å². The molecule has 8 nitrogen and oxygen atoms in total. The third-order valence-electron chi connectivity index (χ3n) is 4.14. The van der Waals surface area contributed by atoms with Crippen molar-refractivity contribution in [1.82, 2.24) is 24.9 Å². The van der Waals surface area contributed by atoms with Crippen molar-refractivity contribution in [3.05, 3.63) is 17.5 Å². The molecule has 1 aromatic heterocycles. The average Bonchev–Trinajstić information content (AvgIpc) is 3.02. The van der Waals surface area contributed by atoms with E-state index in [0.717, 1.165) is 17.8 Å². The van der Waals surface area contributed by atoms with Crippen molar-refractivity contribution >= 4 is 17.8 Å². The van der Waals surface area contributed by atoms with Crippen molar-refractivity contribution in [2.45, 2.75) is 52.7 Å². The highest BCUT2D eigenvalue weighted by Gasteiger charge is 2.38. The molecule has 1 aliphatic rings. The van der Waals surface area contributed by atoms with Crippen LogP contribution in [0.15, 0.2) is 6.20 Å². The highest BCUT2D eigenvalue weighted by atomic mass is 16.2. The minimum atomic E-state index is -0.765. The highest BCUT2D eigenvalue weighted by Crippen LogP contribution is 2.13. The normalized spacial score (nSPS) is 17.3. The van der Waals surface area contributed by atoms with Crippen LogP contribution in [0.4, 0.5) is 4.79 Å². The van der Waals surface area contributed by atoms with E-state index in [1.165, 1.54) is 4.90 Å². The molecule has 1 N–H and O–H groups in total. The standard InChI is InChI=1S/C16H25N5O3/c1-5-7-21-15(23)13(17-16(21)24)8-14(22)19(4)9-12-10-20(6-2)18-11(12)3/h10,13H,5-9H2,1-4H3,(H,17,24)/t13-/m1/s1. The van der Waals surface area contributed by atoms with Gasteiger partial charge in [-0.05, 0) is 20.3 Å². The summed E-state index contributed by atoms with van der Waals surface area (Å²) in [6, 6.07) is -1.18. The highest BCUT2D eigenvalue weighted by molar-refractivity contribution is 6.05. The predicted octanol–water partition coefficient (Wildman–Crippen LogP) is 0.890. The van der Waals surface area contributed by atoms with Crippen LogP contribution in [0, 0.1) is 6.92 Å². The predicted molar refractivity (Wildman–Crippen MR) is 88.1 cm³/mol. The molecule has 0 aliphatic carbocycles. The largest absolute Gasteiger partial charge is 0.341 e. The smallest absolute Gasteiger partial charge is 0.324 e. The molecule has 4 amide bonds. The number of rotatable bonds is 7. The minimum Gasteiger partial charge on any atom is -0.341 e. The lowest BCUT2D eigenvalue weighted by Gasteiger charge is -2.18. The summed E-state index contributed by atoms with van der Waals surface area (Å²) >= 11 is 0. The van der Waals surface area contributed by atoms with E-state index in [4.69, 9.17) is 0 Å². The molecule has 1 saturated heterocycles. The molecule has 0 aromatic carbocycles. The fraction of sp³-hybridized carbons (Fsp3) is 0.625. The van der Waals surface area contributed by atoms with Crippen molar-refractivity contribution in [3.63, 3.8) is 0 Å². The first-order chi connectivity index (χ1) is 11.4. The van der Waals surface area contributed by atoms with Gasteiger partial charge in [0.25, 0.3) is 5.91 Å². The van der Waals surface area contributed by atoms with Crippen LogP contribution < -0.4 is 5.32 Å². The van der Waals surface area contributed by atoms with Gasteiger partial charge < -0.3 is 10.2 Å². The second-order valence-corrected chi connectivity index (χ2v) is 6.04. The summed E-state index contributed by atoms with van der Waals surface area (Å²) in [5, 5.41) is 6.94. The molecule has 0 radical (unpaired) electrons. The maximum atomic E-state index is 12.4.